The number of piperidine rings is 1. The van der Waals surface area contributed by atoms with Crippen molar-refractivity contribution >= 4 is 20.9 Å². The van der Waals surface area contributed by atoms with E-state index in [1.54, 1.807) is 36.7 Å². The summed E-state index contributed by atoms with van der Waals surface area (Å²) in [7, 11) is -3.71. The van der Waals surface area contributed by atoms with Crippen LogP contribution in [-0.2, 0) is 10.0 Å². The van der Waals surface area contributed by atoms with E-state index in [0.717, 1.165) is 11.8 Å². The molecular weight excluding hydrogens is 402 g/mol. The zero-order valence-electron chi connectivity index (χ0n) is 16.0. The van der Waals surface area contributed by atoms with Crippen LogP contribution in [0.2, 0.25) is 0 Å². The third-order valence-electron chi connectivity index (χ3n) is 5.27. The summed E-state index contributed by atoms with van der Waals surface area (Å²) in [5.74, 6) is 0.608. The molecule has 4 aromatic rings. The van der Waals surface area contributed by atoms with Gasteiger partial charge >= 0.3 is 0 Å². The molecule has 0 unspecified atom stereocenters. The Labute approximate surface area is 173 Å². The molecule has 0 aliphatic carbocycles. The number of pyridine rings is 2. The minimum Gasteiger partial charge on any atom is -0.419 e. The van der Waals surface area contributed by atoms with Crippen LogP contribution in [0.4, 0.5) is 0 Å². The number of hydrogen-bond donors (Lipinski definition) is 0. The van der Waals surface area contributed by atoms with Gasteiger partial charge in [0.15, 0.2) is 0 Å². The van der Waals surface area contributed by atoms with Crippen LogP contribution in [0, 0.1) is 0 Å². The van der Waals surface area contributed by atoms with E-state index < -0.39 is 10.0 Å². The Morgan fingerprint density at radius 3 is 2.70 bits per heavy atom. The Morgan fingerprint density at radius 2 is 1.83 bits per heavy atom. The highest BCUT2D eigenvalue weighted by molar-refractivity contribution is 7.89. The fourth-order valence-corrected chi connectivity index (χ4v) is 5.47. The number of sulfonamides is 1. The number of fused-ring (bicyclic) bond motifs is 1. The van der Waals surface area contributed by atoms with Crippen LogP contribution in [0.3, 0.4) is 0 Å². The zero-order chi connectivity index (χ0) is 20.6. The first-order valence-electron chi connectivity index (χ1n) is 9.71. The number of benzene rings is 1. The largest absolute Gasteiger partial charge is 0.419 e. The maximum absolute atomic E-state index is 13.4. The van der Waals surface area contributed by atoms with Gasteiger partial charge in [0.1, 0.15) is 10.6 Å². The predicted octanol–water partition coefficient (Wildman–Crippen LogP) is 3.25. The highest BCUT2D eigenvalue weighted by atomic mass is 32.2. The van der Waals surface area contributed by atoms with Crippen molar-refractivity contribution in [3.63, 3.8) is 0 Å². The molecule has 9 heteroatoms. The number of aromatic nitrogens is 4. The fourth-order valence-electron chi connectivity index (χ4n) is 3.78. The molecule has 8 nitrogen and oxygen atoms in total. The molecule has 1 aliphatic heterocycles. The first-order chi connectivity index (χ1) is 14.6. The van der Waals surface area contributed by atoms with Gasteiger partial charge in [0.25, 0.3) is 5.89 Å². The van der Waals surface area contributed by atoms with E-state index in [1.807, 2.05) is 24.3 Å². The van der Waals surface area contributed by atoms with Crippen LogP contribution in [0.15, 0.2) is 70.2 Å². The van der Waals surface area contributed by atoms with Crippen molar-refractivity contribution in [2.45, 2.75) is 23.7 Å². The van der Waals surface area contributed by atoms with Gasteiger partial charge in [-0.1, -0.05) is 24.3 Å². The van der Waals surface area contributed by atoms with E-state index in [2.05, 4.69) is 20.2 Å². The molecule has 0 radical (unpaired) electrons. The summed E-state index contributed by atoms with van der Waals surface area (Å²) >= 11 is 0. The maximum Gasteiger partial charge on any atom is 0.266 e. The van der Waals surface area contributed by atoms with Gasteiger partial charge < -0.3 is 4.42 Å². The Morgan fingerprint density at radius 1 is 0.967 bits per heavy atom. The Kier molecular flexibility index (Phi) is 4.76. The highest BCUT2D eigenvalue weighted by Crippen LogP contribution is 2.32. The molecule has 152 valence electrons. The molecule has 1 aromatic carbocycles. The lowest BCUT2D eigenvalue weighted by atomic mass is 10.00. The molecule has 5 rings (SSSR count). The molecule has 1 atom stereocenters. The van der Waals surface area contributed by atoms with Crippen LogP contribution in [0.1, 0.15) is 24.7 Å². The predicted molar refractivity (Wildman–Crippen MR) is 110 cm³/mol. The van der Waals surface area contributed by atoms with E-state index in [4.69, 9.17) is 4.42 Å². The summed E-state index contributed by atoms with van der Waals surface area (Å²) < 4.78 is 34.2. The van der Waals surface area contributed by atoms with Gasteiger partial charge in [-0.3, -0.25) is 9.97 Å². The molecular formula is C21H19N5O3S. The Hall–Kier alpha value is -3.17. The average molecular weight is 421 g/mol. The number of rotatable bonds is 4. The van der Waals surface area contributed by atoms with Crippen LogP contribution in [0.5, 0.6) is 0 Å². The first-order valence-corrected chi connectivity index (χ1v) is 11.2. The zero-order valence-corrected chi connectivity index (χ0v) is 16.9. The lowest BCUT2D eigenvalue weighted by Gasteiger charge is -2.30. The summed E-state index contributed by atoms with van der Waals surface area (Å²) in [5.41, 5.74) is 1.08. The molecule has 1 saturated heterocycles. The third kappa shape index (κ3) is 3.35. The van der Waals surface area contributed by atoms with Gasteiger partial charge in [0, 0.05) is 30.9 Å². The summed E-state index contributed by atoms with van der Waals surface area (Å²) in [5, 5.41) is 9.05. The van der Waals surface area contributed by atoms with Crippen LogP contribution in [-0.4, -0.2) is 46.0 Å². The molecule has 0 bridgehead atoms. The number of nitrogens with zero attached hydrogens (tertiary/aromatic N) is 5. The number of hydrogen-bond acceptors (Lipinski definition) is 7. The van der Waals surface area contributed by atoms with Gasteiger partial charge in [-0.15, -0.1) is 10.2 Å². The second-order valence-electron chi connectivity index (χ2n) is 7.19. The quantitative estimate of drug-likeness (QED) is 0.498. The van der Waals surface area contributed by atoms with E-state index in [1.165, 1.54) is 4.31 Å². The smallest absolute Gasteiger partial charge is 0.266 e. The van der Waals surface area contributed by atoms with Gasteiger partial charge in [0.2, 0.25) is 15.9 Å². The van der Waals surface area contributed by atoms with Crippen LogP contribution in [0.25, 0.3) is 22.5 Å². The summed E-state index contributed by atoms with van der Waals surface area (Å²) in [4.78, 5) is 8.75. The molecule has 1 fully saturated rings. The first kappa shape index (κ1) is 18.8. The third-order valence-corrected chi connectivity index (χ3v) is 7.17. The summed E-state index contributed by atoms with van der Waals surface area (Å²) in [6.07, 6.45) is 4.76. The van der Waals surface area contributed by atoms with Gasteiger partial charge in [-0.25, -0.2) is 8.42 Å². The van der Waals surface area contributed by atoms with Crippen molar-refractivity contribution in [1.29, 1.82) is 0 Å². The van der Waals surface area contributed by atoms with Crippen molar-refractivity contribution in [3.05, 3.63) is 66.8 Å². The molecule has 4 heterocycles. The highest BCUT2D eigenvalue weighted by Gasteiger charge is 2.34. The SMILES string of the molecule is O=S(=O)(c1cccc2cccnc12)N1CCC[C@@H](c2nnc(-c3ccccn3)o2)C1. The van der Waals surface area contributed by atoms with Crippen molar-refractivity contribution in [2.75, 3.05) is 13.1 Å². The minimum absolute atomic E-state index is 0.165. The lowest BCUT2D eigenvalue weighted by molar-refractivity contribution is 0.286. The second kappa shape index (κ2) is 7.58. The van der Waals surface area contributed by atoms with Crippen molar-refractivity contribution in [2.24, 2.45) is 0 Å². The Balaban J connectivity index is 1.43. The summed E-state index contributed by atoms with van der Waals surface area (Å²) in [6.45, 7) is 0.735. The topological polar surface area (TPSA) is 102 Å². The van der Waals surface area contributed by atoms with Gasteiger partial charge in [0.05, 0.1) is 11.4 Å². The van der Waals surface area contributed by atoms with Gasteiger partial charge in [-0.2, -0.15) is 4.31 Å². The van der Waals surface area contributed by atoms with E-state index in [-0.39, 0.29) is 17.4 Å². The van der Waals surface area contributed by atoms with Crippen LogP contribution < -0.4 is 0 Å². The van der Waals surface area contributed by atoms with Crippen molar-refractivity contribution < 1.29 is 12.8 Å². The normalized spacial score (nSPS) is 17.9. The van der Waals surface area contributed by atoms with E-state index in [9.17, 15) is 8.42 Å². The van der Waals surface area contributed by atoms with E-state index in [0.29, 0.717) is 36.0 Å². The monoisotopic (exact) mass is 421 g/mol. The van der Waals surface area contributed by atoms with Crippen molar-refractivity contribution in [1.82, 2.24) is 24.5 Å². The molecule has 0 amide bonds. The van der Waals surface area contributed by atoms with Crippen molar-refractivity contribution in [3.8, 4) is 11.6 Å². The Bertz CT molecular complexity index is 1290. The lowest BCUT2D eigenvalue weighted by Crippen LogP contribution is -2.39. The average Bonchev–Trinajstić information content (AvgIpc) is 3.30. The standard InChI is InChI=1S/C21H19N5O3S/c27-30(28,18-10-3-6-15-7-4-12-23-19(15)18)26-13-5-8-16(14-26)20-24-25-21(29-20)17-9-1-2-11-22-17/h1-4,6-7,9-12,16H,5,8,13-14H2/t16-/m1/s1. The number of para-hydroxylation sites is 1. The molecule has 0 spiro atoms. The molecule has 0 N–H and O–H groups in total. The second-order valence-corrected chi connectivity index (χ2v) is 9.10. The summed E-state index contributed by atoms with van der Waals surface area (Å²) in [6, 6.07) is 14.3. The van der Waals surface area contributed by atoms with Gasteiger partial charge in [-0.05, 0) is 37.1 Å². The molecule has 30 heavy (non-hydrogen) atoms. The maximum atomic E-state index is 13.4. The minimum atomic E-state index is -3.71. The molecule has 0 saturated carbocycles. The molecule has 1 aliphatic rings. The fraction of sp³-hybridized carbons (Fsp3) is 0.238. The van der Waals surface area contributed by atoms with E-state index >= 15 is 0 Å². The molecule has 3 aromatic heterocycles. The van der Waals surface area contributed by atoms with Crippen LogP contribution >= 0.6 is 0 Å².